The van der Waals surface area contributed by atoms with E-state index in [2.05, 4.69) is 52.5 Å². The van der Waals surface area contributed by atoms with Crippen molar-refractivity contribution >= 4 is 23.0 Å². The van der Waals surface area contributed by atoms with Gasteiger partial charge in [-0.1, -0.05) is 41.5 Å². The molecule has 2 heterocycles. The molecule has 2 fully saturated rings. The van der Waals surface area contributed by atoms with Gasteiger partial charge in [0.25, 0.3) is 0 Å². The van der Waals surface area contributed by atoms with Gasteiger partial charge in [0, 0.05) is 53.4 Å². The number of carbonyl (C=O) groups is 2. The summed E-state index contributed by atoms with van der Waals surface area (Å²) in [6, 6.07) is 25.1. The van der Waals surface area contributed by atoms with Crippen LogP contribution in [0.4, 0.5) is 13.2 Å². The lowest BCUT2D eigenvalue weighted by Crippen LogP contribution is -2.53. The zero-order chi connectivity index (χ0) is 45.5. The van der Waals surface area contributed by atoms with Crippen molar-refractivity contribution in [2.24, 2.45) is 11.8 Å². The van der Waals surface area contributed by atoms with Gasteiger partial charge in [0.05, 0.1) is 30.1 Å². The minimum absolute atomic E-state index is 0.0875. The van der Waals surface area contributed by atoms with Crippen molar-refractivity contribution in [3.63, 3.8) is 0 Å². The highest BCUT2D eigenvalue weighted by molar-refractivity contribution is 5.80. The van der Waals surface area contributed by atoms with Gasteiger partial charge in [0.1, 0.15) is 36.5 Å². The molecule has 0 atom stereocenters. The highest BCUT2D eigenvalue weighted by Gasteiger charge is 2.34. The summed E-state index contributed by atoms with van der Waals surface area (Å²) < 4.78 is 55.7. The molecule has 0 radical (unpaired) electrons. The number of ether oxygens (including phenoxy) is 3. The molecule has 0 bridgehead atoms. The van der Waals surface area contributed by atoms with Crippen LogP contribution in [0.1, 0.15) is 71.2 Å². The first kappa shape index (κ1) is 45.9. The number of nitriles is 1. The number of aryl methyl sites for hydroxylation is 2. The first-order valence-electron chi connectivity index (χ1n) is 21.8. The van der Waals surface area contributed by atoms with Crippen molar-refractivity contribution < 1.29 is 37.0 Å². The molecular weight excluding hydrogens is 820 g/mol. The summed E-state index contributed by atoms with van der Waals surface area (Å²) in [6.07, 6.45) is -0.476. The molecule has 2 aliphatic heterocycles. The molecule has 64 heavy (non-hydrogen) atoms. The fourth-order valence-corrected chi connectivity index (χ4v) is 8.97. The number of amides is 2. The van der Waals surface area contributed by atoms with Gasteiger partial charge in [-0.05, 0) is 133 Å². The lowest BCUT2D eigenvalue weighted by atomic mass is 9.85. The molecule has 2 amide bonds. The summed E-state index contributed by atoms with van der Waals surface area (Å²) in [5.74, 6) is 2.55. The molecule has 2 N–H and O–H groups in total. The molecular formula is C51H56F3N5O5. The van der Waals surface area contributed by atoms with Gasteiger partial charge < -0.3 is 24.8 Å². The van der Waals surface area contributed by atoms with Crippen molar-refractivity contribution in [3.8, 4) is 23.3 Å². The van der Waals surface area contributed by atoms with Crippen molar-refractivity contribution in [2.75, 3.05) is 60.5 Å². The summed E-state index contributed by atoms with van der Waals surface area (Å²) >= 11 is 0. The lowest BCUT2D eigenvalue weighted by Gasteiger charge is -2.39. The van der Waals surface area contributed by atoms with Crippen molar-refractivity contribution in [1.82, 2.24) is 20.4 Å². The number of rotatable bonds is 13. The van der Waals surface area contributed by atoms with Crippen LogP contribution < -0.4 is 24.8 Å². The number of hydrogen-bond acceptors (Lipinski definition) is 8. The van der Waals surface area contributed by atoms with Gasteiger partial charge >= 0.3 is 6.18 Å². The number of alkyl halides is 3. The maximum Gasteiger partial charge on any atom is 0.416 e. The third-order valence-corrected chi connectivity index (χ3v) is 12.8. The average molecular weight is 876 g/mol. The molecule has 13 heteroatoms. The topological polar surface area (TPSA) is 116 Å². The van der Waals surface area contributed by atoms with Crippen LogP contribution >= 0.6 is 0 Å². The van der Waals surface area contributed by atoms with E-state index in [1.54, 1.807) is 39.4 Å². The van der Waals surface area contributed by atoms with E-state index >= 15 is 0 Å². The molecule has 8 rings (SSSR count). The van der Waals surface area contributed by atoms with E-state index in [1.807, 2.05) is 30.3 Å². The molecule has 4 aromatic rings. The third kappa shape index (κ3) is 10.8. The zero-order valence-corrected chi connectivity index (χ0v) is 37.2. The number of hydrogen-bond donors (Lipinski definition) is 2. The van der Waals surface area contributed by atoms with Gasteiger partial charge in [-0.2, -0.15) is 18.4 Å². The molecule has 10 nitrogen and oxygen atoms in total. The van der Waals surface area contributed by atoms with Crippen LogP contribution in [0.25, 0.3) is 11.1 Å². The fraction of sp³-hybridized carbons (Fsp3) is 0.392. The molecule has 0 unspecified atom stereocenters. The van der Waals surface area contributed by atoms with E-state index in [4.69, 9.17) is 14.2 Å². The van der Waals surface area contributed by atoms with E-state index in [0.717, 1.165) is 88.4 Å². The standard InChI is InChI=1S/C26H29N3O3.C25H27F3N2O2/c1-17-20(13-29-14-22(15-29)26(30)28-2)6-5-19-11-23(7-8-24(17)19)32-16-18-4-9-25(31-3)21(10-18)12-27;1-16-19(12-30-13-20(14-30)24(31)29-2)7-6-18-11-22(8-9-23(16)18)32-15-17-4-3-5-21(10-17)25(26,27)28/h4,7-11,22H,5-6,13-16H2,1-3H3,(H,28,30);3-5,8-11,20H,6-7,12-15H2,1-2H3,(H,29,31). The number of nitrogens with one attached hydrogen (secondary N) is 2. The van der Waals surface area contributed by atoms with Crippen LogP contribution in [-0.4, -0.2) is 82.1 Å². The second-order valence-electron chi connectivity index (χ2n) is 17.0. The SMILES string of the molecule is CNC(=O)C1CN(CC2=C(C)c3ccc(OCc4ccc(OC)c(C#N)c4)cc3CC2)C1.CNC(=O)C1CN(CC2=C(C)c3ccc(OCc4cccc(C(F)(F)F)c4)cc3CC2)C1. The number of fused-ring (bicyclic) bond motifs is 2. The second-order valence-corrected chi connectivity index (χ2v) is 17.0. The molecule has 0 aromatic heterocycles. The van der Waals surface area contributed by atoms with E-state index in [9.17, 15) is 28.0 Å². The Morgan fingerprint density at radius 3 is 1.66 bits per heavy atom. The maximum absolute atomic E-state index is 12.9. The molecule has 4 aliphatic rings. The maximum atomic E-state index is 12.9. The third-order valence-electron chi connectivity index (χ3n) is 12.8. The summed E-state index contributed by atoms with van der Waals surface area (Å²) in [5.41, 5.74) is 11.7. The van der Waals surface area contributed by atoms with Gasteiger partial charge in [0.15, 0.2) is 0 Å². The van der Waals surface area contributed by atoms with E-state index in [-0.39, 0.29) is 30.3 Å². The van der Waals surface area contributed by atoms with Crippen LogP contribution in [0, 0.1) is 23.2 Å². The number of halogens is 3. The summed E-state index contributed by atoms with van der Waals surface area (Å²) in [4.78, 5) is 28.1. The number of methoxy groups -OCH3 is 1. The Morgan fingerprint density at radius 1 is 0.703 bits per heavy atom. The van der Waals surface area contributed by atoms with Crippen LogP contribution in [0.2, 0.25) is 0 Å². The predicted molar refractivity (Wildman–Crippen MR) is 241 cm³/mol. The van der Waals surface area contributed by atoms with Gasteiger partial charge in [-0.15, -0.1) is 0 Å². The number of benzene rings is 4. The number of carbonyl (C=O) groups excluding carboxylic acids is 2. The van der Waals surface area contributed by atoms with Crippen LogP contribution in [-0.2, 0) is 41.8 Å². The lowest BCUT2D eigenvalue weighted by molar-refractivity contribution is -0.137. The fourth-order valence-electron chi connectivity index (χ4n) is 8.97. The Hall–Kier alpha value is -6.10. The minimum Gasteiger partial charge on any atom is -0.495 e. The Balaban J connectivity index is 0.000000191. The Kier molecular flexibility index (Phi) is 14.5. The first-order chi connectivity index (χ1) is 30.8. The van der Waals surface area contributed by atoms with Crippen LogP contribution in [0.3, 0.4) is 0 Å². The summed E-state index contributed by atoms with van der Waals surface area (Å²) in [7, 11) is 4.94. The molecule has 2 aliphatic carbocycles. The molecule has 2 saturated heterocycles. The number of nitrogens with zero attached hydrogens (tertiary/aromatic N) is 3. The first-order valence-corrected chi connectivity index (χ1v) is 21.8. The van der Waals surface area contributed by atoms with E-state index in [1.165, 1.54) is 50.6 Å². The predicted octanol–water partition coefficient (Wildman–Crippen LogP) is 8.23. The van der Waals surface area contributed by atoms with Crippen molar-refractivity contribution in [3.05, 3.63) is 135 Å². The van der Waals surface area contributed by atoms with Crippen molar-refractivity contribution in [1.29, 1.82) is 5.26 Å². The summed E-state index contributed by atoms with van der Waals surface area (Å²) in [5, 5.41) is 14.7. The number of allylic oxidation sites excluding steroid dienone is 2. The molecule has 0 saturated carbocycles. The monoisotopic (exact) mass is 875 g/mol. The highest BCUT2D eigenvalue weighted by atomic mass is 19.4. The Morgan fingerprint density at radius 2 is 1.20 bits per heavy atom. The van der Waals surface area contributed by atoms with Gasteiger partial charge in [0.2, 0.25) is 11.8 Å². The Bertz CT molecular complexity index is 2480. The summed E-state index contributed by atoms with van der Waals surface area (Å²) in [6.45, 7) is 9.92. The average Bonchev–Trinajstić information content (AvgIpc) is 3.27. The molecule has 0 spiro atoms. The van der Waals surface area contributed by atoms with E-state index < -0.39 is 11.7 Å². The van der Waals surface area contributed by atoms with Gasteiger partial charge in [-0.3, -0.25) is 19.4 Å². The van der Waals surface area contributed by atoms with Gasteiger partial charge in [-0.25, -0.2) is 0 Å². The van der Waals surface area contributed by atoms with Crippen LogP contribution in [0.5, 0.6) is 17.2 Å². The quantitative estimate of drug-likeness (QED) is 0.138. The van der Waals surface area contributed by atoms with Crippen LogP contribution in [0.15, 0.2) is 90.0 Å². The van der Waals surface area contributed by atoms with Crippen molar-refractivity contribution in [2.45, 2.75) is 58.9 Å². The largest absolute Gasteiger partial charge is 0.495 e. The normalized spacial score (nSPS) is 16.5. The minimum atomic E-state index is -4.36. The van der Waals surface area contributed by atoms with E-state index in [0.29, 0.717) is 29.2 Å². The molecule has 336 valence electrons. The number of likely N-dealkylation sites (tertiary alicyclic amines) is 2. The zero-order valence-electron chi connectivity index (χ0n) is 37.2. The smallest absolute Gasteiger partial charge is 0.416 e. The highest BCUT2D eigenvalue weighted by Crippen LogP contribution is 2.37. The second kappa shape index (κ2) is 20.2. The molecule has 4 aromatic carbocycles. The Labute approximate surface area is 373 Å².